The average molecular weight is 1510 g/mol. The quantitative estimate of drug-likeness (QED) is 0.0669. The second-order valence-electron chi connectivity index (χ2n) is 37.0. The van der Waals surface area contributed by atoms with E-state index in [1.165, 1.54) is 161 Å². The maximum absolute atomic E-state index is 5.70. The van der Waals surface area contributed by atoms with Crippen molar-refractivity contribution in [3.05, 3.63) is 0 Å². The van der Waals surface area contributed by atoms with Crippen molar-refractivity contribution in [2.75, 3.05) is 88.4 Å². The van der Waals surface area contributed by atoms with E-state index in [1.54, 1.807) is 7.11 Å². The summed E-state index contributed by atoms with van der Waals surface area (Å²) in [6.45, 7) is 82.3. The van der Waals surface area contributed by atoms with Crippen LogP contribution in [0.15, 0.2) is 0 Å². The Kier molecular flexibility index (Phi) is 82.7. The molecule has 4 aliphatic rings. The monoisotopic (exact) mass is 1510 g/mol. The molecule has 0 bridgehead atoms. The molecule has 0 aromatic carbocycles. The zero-order valence-corrected chi connectivity index (χ0v) is 79.6. The first-order chi connectivity index (χ1) is 48.7. The molecule has 0 aromatic rings. The molecule has 0 spiro atoms. The zero-order valence-electron chi connectivity index (χ0n) is 79.6. The Hall–Kier alpha value is -0.440. The van der Waals surface area contributed by atoms with Crippen LogP contribution < -0.4 is 0 Å². The predicted octanol–water partition coefficient (Wildman–Crippen LogP) is 28.2. The molecule has 0 radical (unpaired) electrons. The standard InChI is InChI=1S/C11H22O.C10H20O.C9H18O.3C9H20O.C8H16O.2C8H18O.C7H16O.C6H14O/c1-10(12-2)11-8-6-4-3-5-7-9-11;1-9(11-2)10-7-5-3-4-6-8-10;1-8(10-2)9-6-4-3-5-7-9;2*1-7(2)8(3)10-9(4,5)6;1-5-9(4,6-2)8-10-7-3;1-7(9-2)8-5-3-4-6-8;1-6(2)7(3)8(4)9-5;1-5-8(3,4)7-9-6-2;1-5-8-6-7(2,3)4;1-4-7-5-6(2)3/h10-11H,3-9H2,1-2H3;9-10H,3-8H2,1-2H3;8-9H,3-7H2,1-2H3;2*7-8H,1-6H3;5-8H2,1-4H3;7-8H,3-6H2,1-2H3;6-8H,1-5H3;5-7H2,1-4H3;5-6H2,1-4H3;6H,4-5H2,1-3H3. The maximum atomic E-state index is 5.70. The molecule has 644 valence electrons. The molecule has 105 heavy (non-hydrogen) atoms. The Morgan fingerprint density at radius 3 is 0.714 bits per heavy atom. The molecule has 4 saturated carbocycles. The fraction of sp³-hybridized carbons (Fsp3) is 1.00. The van der Waals surface area contributed by atoms with Crippen molar-refractivity contribution < 1.29 is 52.1 Å². The number of methoxy groups -OCH3 is 5. The van der Waals surface area contributed by atoms with Crippen LogP contribution in [0.5, 0.6) is 0 Å². The maximum Gasteiger partial charge on any atom is 0.0602 e. The van der Waals surface area contributed by atoms with Gasteiger partial charge in [0.15, 0.2) is 0 Å². The van der Waals surface area contributed by atoms with Gasteiger partial charge in [-0.15, -0.1) is 0 Å². The summed E-state index contributed by atoms with van der Waals surface area (Å²) >= 11 is 0. The third-order valence-corrected chi connectivity index (χ3v) is 21.8. The van der Waals surface area contributed by atoms with Gasteiger partial charge in [0.1, 0.15) is 0 Å². The minimum Gasteiger partial charge on any atom is -0.381 e. The normalized spacial score (nSPS) is 18.2. The van der Waals surface area contributed by atoms with E-state index in [2.05, 4.69) is 215 Å². The van der Waals surface area contributed by atoms with E-state index >= 15 is 0 Å². The molecule has 0 amide bonds. The Morgan fingerprint density at radius 1 is 0.286 bits per heavy atom. The molecular formula is C94H202O11. The van der Waals surface area contributed by atoms with Crippen LogP contribution in [0.3, 0.4) is 0 Å². The Bertz CT molecular complexity index is 1630. The lowest BCUT2D eigenvalue weighted by molar-refractivity contribution is -0.0701. The summed E-state index contributed by atoms with van der Waals surface area (Å²) in [6.07, 6.45) is 37.7. The third-order valence-electron chi connectivity index (χ3n) is 21.8. The van der Waals surface area contributed by atoms with Gasteiger partial charge in [-0.2, -0.15) is 0 Å². The predicted molar refractivity (Wildman–Crippen MR) is 465 cm³/mol. The summed E-state index contributed by atoms with van der Waals surface area (Å²) in [7, 11) is 9.06. The van der Waals surface area contributed by atoms with Gasteiger partial charge in [-0.05, 0) is 258 Å². The van der Waals surface area contributed by atoms with E-state index in [4.69, 9.17) is 52.1 Å². The highest BCUT2D eigenvalue weighted by Crippen LogP contribution is 2.31. The molecule has 8 atom stereocenters. The summed E-state index contributed by atoms with van der Waals surface area (Å²) in [5, 5.41) is 0. The van der Waals surface area contributed by atoms with E-state index in [0.717, 1.165) is 82.4 Å². The van der Waals surface area contributed by atoms with Crippen LogP contribution in [-0.4, -0.2) is 142 Å². The van der Waals surface area contributed by atoms with Crippen LogP contribution in [-0.2, 0) is 52.1 Å². The Morgan fingerprint density at radius 2 is 0.543 bits per heavy atom. The average Bonchev–Trinajstić information content (AvgIpc) is 1.92. The first-order valence-corrected chi connectivity index (χ1v) is 44.1. The number of hydrogen-bond donors (Lipinski definition) is 0. The SMILES string of the molecule is CC(C)C(C)OC(C)(C)C.CC(C)C(C)OC(C)(C)C.CCOCC(C)(C)C.CCOCC(C)(C)CC.CCOCC(C)(CC)CC.CCOCC(C)C.COC(C)C(C)C(C)C.COC(C)C1CCCC1.COC(C)C1CCCCC1.COC(C)C1CCCCCC1.COC(C)C1CCCCCCC1. The van der Waals surface area contributed by atoms with Crippen LogP contribution in [0.2, 0.25) is 0 Å². The molecule has 0 heterocycles. The van der Waals surface area contributed by atoms with Crippen molar-refractivity contribution >= 4 is 0 Å². The van der Waals surface area contributed by atoms with Crippen LogP contribution in [0, 0.1) is 69.5 Å². The molecule has 0 saturated heterocycles. The lowest BCUT2D eigenvalue weighted by Gasteiger charge is -2.27. The van der Waals surface area contributed by atoms with E-state index in [-0.39, 0.29) is 11.2 Å². The van der Waals surface area contributed by atoms with Gasteiger partial charge in [-0.25, -0.2) is 0 Å². The van der Waals surface area contributed by atoms with Crippen molar-refractivity contribution in [1.82, 2.24) is 0 Å². The van der Waals surface area contributed by atoms with E-state index in [1.807, 2.05) is 56.1 Å². The smallest absolute Gasteiger partial charge is 0.0602 e. The molecule has 11 nitrogen and oxygen atoms in total. The highest BCUT2D eigenvalue weighted by Gasteiger charge is 2.24. The second-order valence-corrected chi connectivity index (χ2v) is 37.0. The van der Waals surface area contributed by atoms with Crippen molar-refractivity contribution in [3.8, 4) is 0 Å². The summed E-state index contributed by atoms with van der Waals surface area (Å²) in [5.41, 5.74) is 1.12. The lowest BCUT2D eigenvalue weighted by atomic mass is 9.86. The van der Waals surface area contributed by atoms with Gasteiger partial charge in [-0.1, -0.05) is 215 Å². The van der Waals surface area contributed by atoms with Gasteiger partial charge in [0.05, 0.1) is 73.8 Å². The molecule has 4 fully saturated rings. The number of ether oxygens (including phenoxy) is 11. The minimum atomic E-state index is 0.00366. The van der Waals surface area contributed by atoms with E-state index in [0.29, 0.717) is 82.6 Å². The summed E-state index contributed by atoms with van der Waals surface area (Å²) < 4.78 is 58.8. The van der Waals surface area contributed by atoms with Crippen molar-refractivity contribution in [2.24, 2.45) is 69.5 Å². The largest absolute Gasteiger partial charge is 0.381 e. The van der Waals surface area contributed by atoms with Gasteiger partial charge in [-0.3, -0.25) is 0 Å². The summed E-state index contributed by atoms with van der Waals surface area (Å²) in [5.74, 6) is 6.65. The highest BCUT2D eigenvalue weighted by molar-refractivity contribution is 4.75. The van der Waals surface area contributed by atoms with Gasteiger partial charge in [0.25, 0.3) is 0 Å². The molecule has 4 aliphatic carbocycles. The van der Waals surface area contributed by atoms with Crippen LogP contribution in [0.1, 0.15) is 403 Å². The first kappa shape index (κ1) is 118. The third kappa shape index (κ3) is 82.8. The number of hydrogen-bond acceptors (Lipinski definition) is 11. The Labute approximate surface area is 663 Å². The minimum absolute atomic E-state index is 0.00366. The molecule has 0 aliphatic heterocycles. The lowest BCUT2D eigenvalue weighted by Crippen LogP contribution is -2.28. The summed E-state index contributed by atoms with van der Waals surface area (Å²) in [6, 6.07) is 0. The van der Waals surface area contributed by atoms with E-state index < -0.39 is 0 Å². The highest BCUT2D eigenvalue weighted by atomic mass is 16.5. The fourth-order valence-corrected chi connectivity index (χ4v) is 11.7. The van der Waals surface area contributed by atoms with Crippen LogP contribution in [0.4, 0.5) is 0 Å². The molecule has 0 N–H and O–H groups in total. The Balaban J connectivity index is -0.000000202. The molecule has 0 aromatic heterocycles. The van der Waals surface area contributed by atoms with Crippen molar-refractivity contribution in [3.63, 3.8) is 0 Å². The summed E-state index contributed by atoms with van der Waals surface area (Å²) in [4.78, 5) is 0. The topological polar surface area (TPSA) is 102 Å². The zero-order chi connectivity index (χ0) is 82.9. The molecule has 11 heteroatoms. The van der Waals surface area contributed by atoms with Crippen molar-refractivity contribution in [2.45, 2.75) is 457 Å². The van der Waals surface area contributed by atoms with Crippen LogP contribution in [0.25, 0.3) is 0 Å². The van der Waals surface area contributed by atoms with Gasteiger partial charge < -0.3 is 52.1 Å². The molecular weight excluding hydrogens is 1310 g/mol. The van der Waals surface area contributed by atoms with Gasteiger partial charge >= 0.3 is 0 Å². The molecule has 8 unspecified atom stereocenters. The first-order valence-electron chi connectivity index (χ1n) is 44.1. The number of rotatable bonds is 29. The van der Waals surface area contributed by atoms with E-state index in [9.17, 15) is 0 Å². The second kappa shape index (κ2) is 73.7. The van der Waals surface area contributed by atoms with Gasteiger partial charge in [0.2, 0.25) is 0 Å². The molecule has 4 rings (SSSR count). The van der Waals surface area contributed by atoms with Crippen molar-refractivity contribution in [1.29, 1.82) is 0 Å². The van der Waals surface area contributed by atoms with Gasteiger partial charge in [0, 0.05) is 68.6 Å². The van der Waals surface area contributed by atoms with Crippen LogP contribution >= 0.6 is 0 Å². The fourth-order valence-electron chi connectivity index (χ4n) is 11.7.